The Kier molecular flexibility index (Phi) is 3.00. The number of thiazole rings is 1. The number of hydrogen-bond donors (Lipinski definition) is 2. The van der Waals surface area contributed by atoms with Gasteiger partial charge in [0.15, 0.2) is 5.82 Å². The molecule has 2 aromatic heterocycles. The first-order valence-corrected chi connectivity index (χ1v) is 6.71. The van der Waals surface area contributed by atoms with Crippen LogP contribution in [0.25, 0.3) is 10.3 Å². The van der Waals surface area contributed by atoms with Crippen LogP contribution in [0.1, 0.15) is 18.5 Å². The zero-order chi connectivity index (χ0) is 13.2. The van der Waals surface area contributed by atoms with Crippen LogP contribution >= 0.6 is 11.3 Å². The lowest BCUT2D eigenvalue weighted by Crippen LogP contribution is -2.08. The van der Waals surface area contributed by atoms with E-state index in [-0.39, 0.29) is 11.8 Å². The molecule has 1 unspecified atom stereocenters. The standard InChI is InChI=1S/C13H12N4OS/c1-8(9-2-4-10(18)5-3-9)17-12-11-13(15-6-14-12)19-7-16-11/h2-8,18H,1H3,(H,14,15,17). The second-order valence-electron chi connectivity index (χ2n) is 4.19. The summed E-state index contributed by atoms with van der Waals surface area (Å²) < 4.78 is 0. The third kappa shape index (κ3) is 2.34. The number of fused-ring (bicyclic) bond motifs is 1. The van der Waals surface area contributed by atoms with Crippen molar-refractivity contribution in [2.45, 2.75) is 13.0 Å². The minimum Gasteiger partial charge on any atom is -0.508 e. The number of nitrogens with zero attached hydrogens (tertiary/aromatic N) is 3. The van der Waals surface area contributed by atoms with Crippen molar-refractivity contribution in [1.29, 1.82) is 0 Å². The summed E-state index contributed by atoms with van der Waals surface area (Å²) in [4.78, 5) is 13.5. The molecule has 0 aliphatic rings. The van der Waals surface area contributed by atoms with Gasteiger partial charge in [-0.05, 0) is 24.6 Å². The molecule has 0 saturated carbocycles. The number of nitrogens with one attached hydrogen (secondary N) is 1. The smallest absolute Gasteiger partial charge is 0.157 e. The van der Waals surface area contributed by atoms with Crippen molar-refractivity contribution in [3.05, 3.63) is 41.7 Å². The average molecular weight is 272 g/mol. The van der Waals surface area contributed by atoms with Crippen LogP contribution in [0.15, 0.2) is 36.1 Å². The first kappa shape index (κ1) is 11.9. The Morgan fingerprint density at radius 1 is 1.16 bits per heavy atom. The molecule has 0 spiro atoms. The summed E-state index contributed by atoms with van der Waals surface area (Å²) >= 11 is 1.49. The van der Waals surface area contributed by atoms with Crippen LogP contribution in [0.4, 0.5) is 5.82 Å². The molecular formula is C13H12N4OS. The van der Waals surface area contributed by atoms with Gasteiger partial charge in [-0.1, -0.05) is 12.1 Å². The second-order valence-corrected chi connectivity index (χ2v) is 5.02. The van der Waals surface area contributed by atoms with Crippen LogP contribution in [-0.4, -0.2) is 20.1 Å². The van der Waals surface area contributed by atoms with E-state index in [1.165, 1.54) is 17.7 Å². The van der Waals surface area contributed by atoms with Gasteiger partial charge in [-0.15, -0.1) is 11.3 Å². The number of aromatic nitrogens is 3. The first-order chi connectivity index (χ1) is 9.24. The minimum absolute atomic E-state index is 0.0698. The quantitative estimate of drug-likeness (QED) is 0.767. The van der Waals surface area contributed by atoms with Crippen LogP contribution < -0.4 is 5.32 Å². The third-order valence-corrected chi connectivity index (χ3v) is 3.61. The lowest BCUT2D eigenvalue weighted by molar-refractivity contribution is 0.475. The molecule has 5 nitrogen and oxygen atoms in total. The van der Waals surface area contributed by atoms with Gasteiger partial charge >= 0.3 is 0 Å². The highest BCUT2D eigenvalue weighted by atomic mass is 32.1. The van der Waals surface area contributed by atoms with Gasteiger partial charge in [-0.3, -0.25) is 0 Å². The third-order valence-electron chi connectivity index (χ3n) is 2.88. The molecule has 0 saturated heterocycles. The van der Waals surface area contributed by atoms with Crippen LogP contribution in [0.5, 0.6) is 5.75 Å². The van der Waals surface area contributed by atoms with Crippen molar-refractivity contribution in [2.24, 2.45) is 0 Å². The van der Waals surface area contributed by atoms with Crippen LogP contribution in [-0.2, 0) is 0 Å². The van der Waals surface area contributed by atoms with E-state index in [1.54, 1.807) is 17.6 Å². The fourth-order valence-electron chi connectivity index (χ4n) is 1.85. The maximum Gasteiger partial charge on any atom is 0.157 e. The lowest BCUT2D eigenvalue weighted by Gasteiger charge is -2.14. The molecule has 0 bridgehead atoms. The molecule has 3 rings (SSSR count). The largest absolute Gasteiger partial charge is 0.508 e. The van der Waals surface area contributed by atoms with E-state index in [9.17, 15) is 5.11 Å². The van der Waals surface area contributed by atoms with Crippen molar-refractivity contribution >= 4 is 27.5 Å². The van der Waals surface area contributed by atoms with E-state index >= 15 is 0 Å². The number of benzene rings is 1. The molecule has 1 aromatic carbocycles. The van der Waals surface area contributed by atoms with E-state index in [0.717, 1.165) is 21.7 Å². The number of aromatic hydroxyl groups is 1. The van der Waals surface area contributed by atoms with Crippen LogP contribution in [0.3, 0.4) is 0 Å². The maximum atomic E-state index is 9.29. The summed E-state index contributed by atoms with van der Waals surface area (Å²) in [6.07, 6.45) is 1.53. The van der Waals surface area contributed by atoms with Crippen LogP contribution in [0, 0.1) is 0 Å². The van der Waals surface area contributed by atoms with Crippen molar-refractivity contribution in [1.82, 2.24) is 15.0 Å². The molecule has 96 valence electrons. The summed E-state index contributed by atoms with van der Waals surface area (Å²) in [6, 6.07) is 7.18. The van der Waals surface area contributed by atoms with Gasteiger partial charge in [0, 0.05) is 0 Å². The van der Waals surface area contributed by atoms with Gasteiger partial charge in [0.25, 0.3) is 0 Å². The first-order valence-electron chi connectivity index (χ1n) is 5.83. The summed E-state index contributed by atoms with van der Waals surface area (Å²) in [6.45, 7) is 2.03. The number of phenols is 1. The molecule has 0 radical (unpaired) electrons. The molecule has 0 fully saturated rings. The van der Waals surface area contributed by atoms with Crippen molar-refractivity contribution in [3.63, 3.8) is 0 Å². The molecule has 1 atom stereocenters. The molecule has 2 N–H and O–H groups in total. The van der Waals surface area contributed by atoms with Crippen molar-refractivity contribution < 1.29 is 5.11 Å². The second kappa shape index (κ2) is 4.81. The number of anilines is 1. The van der Waals surface area contributed by atoms with E-state index in [1.807, 2.05) is 19.1 Å². The van der Waals surface area contributed by atoms with Gasteiger partial charge in [-0.25, -0.2) is 15.0 Å². The zero-order valence-corrected chi connectivity index (χ0v) is 11.1. The fourth-order valence-corrected chi connectivity index (χ4v) is 2.48. The topological polar surface area (TPSA) is 70.9 Å². The SMILES string of the molecule is CC(Nc1ncnc2scnc12)c1ccc(O)cc1. The van der Waals surface area contributed by atoms with E-state index in [2.05, 4.69) is 20.3 Å². The lowest BCUT2D eigenvalue weighted by atomic mass is 10.1. The summed E-state index contributed by atoms with van der Waals surface area (Å²) in [7, 11) is 0. The van der Waals surface area contributed by atoms with E-state index in [0.29, 0.717) is 0 Å². The zero-order valence-electron chi connectivity index (χ0n) is 10.2. The Morgan fingerprint density at radius 3 is 2.74 bits per heavy atom. The molecule has 2 heterocycles. The van der Waals surface area contributed by atoms with Crippen molar-refractivity contribution in [2.75, 3.05) is 5.32 Å². The predicted octanol–water partition coefficient (Wildman–Crippen LogP) is 2.97. The van der Waals surface area contributed by atoms with E-state index < -0.39 is 0 Å². The Hall–Kier alpha value is -2.21. The van der Waals surface area contributed by atoms with Gasteiger partial charge in [0.1, 0.15) is 22.4 Å². The fraction of sp³-hybridized carbons (Fsp3) is 0.154. The monoisotopic (exact) mass is 272 g/mol. The number of rotatable bonds is 3. The van der Waals surface area contributed by atoms with E-state index in [4.69, 9.17) is 0 Å². The Bertz CT molecular complexity index is 695. The Labute approximate surface area is 114 Å². The summed E-state index contributed by atoms with van der Waals surface area (Å²) in [5.74, 6) is 0.992. The Balaban J connectivity index is 1.88. The van der Waals surface area contributed by atoms with Crippen molar-refractivity contribution in [3.8, 4) is 5.75 Å². The average Bonchev–Trinajstić information content (AvgIpc) is 2.89. The minimum atomic E-state index is 0.0698. The summed E-state index contributed by atoms with van der Waals surface area (Å²) in [5.41, 5.74) is 3.62. The summed E-state index contributed by atoms with van der Waals surface area (Å²) in [5, 5.41) is 12.6. The molecule has 3 aromatic rings. The van der Waals surface area contributed by atoms with Gasteiger partial charge in [0.05, 0.1) is 11.6 Å². The predicted molar refractivity (Wildman–Crippen MR) is 75.4 cm³/mol. The highest BCUT2D eigenvalue weighted by Gasteiger charge is 2.10. The highest BCUT2D eigenvalue weighted by Crippen LogP contribution is 2.25. The highest BCUT2D eigenvalue weighted by molar-refractivity contribution is 7.16. The van der Waals surface area contributed by atoms with Gasteiger partial charge in [-0.2, -0.15) is 0 Å². The molecule has 0 amide bonds. The molecule has 6 heteroatoms. The van der Waals surface area contributed by atoms with Gasteiger partial charge < -0.3 is 10.4 Å². The molecular weight excluding hydrogens is 260 g/mol. The maximum absolute atomic E-state index is 9.29. The number of phenolic OH excluding ortho intramolecular Hbond substituents is 1. The number of hydrogen-bond acceptors (Lipinski definition) is 6. The molecule has 0 aliphatic heterocycles. The Morgan fingerprint density at radius 2 is 1.95 bits per heavy atom. The normalized spacial score (nSPS) is 12.5. The van der Waals surface area contributed by atoms with Gasteiger partial charge in [0.2, 0.25) is 0 Å². The molecule has 0 aliphatic carbocycles. The van der Waals surface area contributed by atoms with Crippen LogP contribution in [0.2, 0.25) is 0 Å². The molecule has 19 heavy (non-hydrogen) atoms.